The molecular formula is C16H23NO3. The van der Waals surface area contributed by atoms with Crippen LogP contribution in [0.15, 0.2) is 30.3 Å². The van der Waals surface area contributed by atoms with Gasteiger partial charge in [-0.15, -0.1) is 0 Å². The van der Waals surface area contributed by atoms with Crippen LogP contribution in [0.3, 0.4) is 0 Å². The van der Waals surface area contributed by atoms with Crippen LogP contribution in [0.2, 0.25) is 0 Å². The number of carbonyl (C=O) groups is 1. The molecule has 1 aliphatic carbocycles. The van der Waals surface area contributed by atoms with E-state index in [2.05, 4.69) is 0 Å². The molecule has 1 saturated carbocycles. The average molecular weight is 277 g/mol. The third kappa shape index (κ3) is 2.80. The van der Waals surface area contributed by atoms with E-state index in [1.165, 1.54) is 0 Å². The summed E-state index contributed by atoms with van der Waals surface area (Å²) in [5, 5.41) is 9.73. The maximum Gasteiger partial charge on any atom is 0.410 e. The lowest BCUT2D eigenvalue weighted by Gasteiger charge is -2.51. The highest BCUT2D eigenvalue weighted by atomic mass is 16.6. The lowest BCUT2D eigenvalue weighted by atomic mass is 9.69. The SMILES string of the molecule is CN(C(=O)OC(C)(C)C)C1(c2ccccc2)CC(O)C1. The number of hydrogen-bond donors (Lipinski definition) is 1. The van der Waals surface area contributed by atoms with Gasteiger partial charge >= 0.3 is 6.09 Å². The monoisotopic (exact) mass is 277 g/mol. The van der Waals surface area contributed by atoms with Crippen LogP contribution in [0.25, 0.3) is 0 Å². The highest BCUT2D eigenvalue weighted by Crippen LogP contribution is 2.46. The van der Waals surface area contributed by atoms with E-state index in [1.54, 1.807) is 11.9 Å². The van der Waals surface area contributed by atoms with Gasteiger partial charge in [-0.1, -0.05) is 30.3 Å². The fourth-order valence-electron chi connectivity index (χ4n) is 2.68. The van der Waals surface area contributed by atoms with Gasteiger partial charge in [0, 0.05) is 19.9 Å². The molecule has 0 aromatic heterocycles. The summed E-state index contributed by atoms with van der Waals surface area (Å²) in [4.78, 5) is 13.9. The normalized spacial score (nSPS) is 25.8. The molecule has 4 heteroatoms. The molecule has 110 valence electrons. The van der Waals surface area contributed by atoms with Crippen LogP contribution in [0.4, 0.5) is 4.79 Å². The standard InChI is InChI=1S/C16H23NO3/c1-15(2,3)20-14(19)17(4)16(10-13(18)11-16)12-8-6-5-7-9-12/h5-9,13,18H,10-11H2,1-4H3. The number of ether oxygens (including phenoxy) is 1. The van der Waals surface area contributed by atoms with Crippen molar-refractivity contribution in [3.05, 3.63) is 35.9 Å². The molecule has 1 amide bonds. The summed E-state index contributed by atoms with van der Waals surface area (Å²) >= 11 is 0. The Morgan fingerprint density at radius 3 is 2.30 bits per heavy atom. The Bertz CT molecular complexity index is 472. The predicted molar refractivity (Wildman–Crippen MR) is 77.4 cm³/mol. The third-order valence-electron chi connectivity index (χ3n) is 3.77. The third-order valence-corrected chi connectivity index (χ3v) is 3.77. The van der Waals surface area contributed by atoms with E-state index in [0.717, 1.165) is 5.56 Å². The maximum atomic E-state index is 12.3. The highest BCUT2D eigenvalue weighted by Gasteiger charge is 2.50. The van der Waals surface area contributed by atoms with Gasteiger partial charge in [0.2, 0.25) is 0 Å². The van der Waals surface area contributed by atoms with Crippen molar-refractivity contribution in [2.75, 3.05) is 7.05 Å². The summed E-state index contributed by atoms with van der Waals surface area (Å²) in [5.74, 6) is 0. The zero-order chi connectivity index (χ0) is 15.0. The van der Waals surface area contributed by atoms with E-state index in [1.807, 2.05) is 51.1 Å². The van der Waals surface area contributed by atoms with E-state index in [-0.39, 0.29) is 12.2 Å². The minimum Gasteiger partial charge on any atom is -0.444 e. The molecule has 1 aromatic carbocycles. The van der Waals surface area contributed by atoms with Crippen molar-refractivity contribution in [3.63, 3.8) is 0 Å². The zero-order valence-corrected chi connectivity index (χ0v) is 12.6. The van der Waals surface area contributed by atoms with Crippen LogP contribution in [0, 0.1) is 0 Å². The highest BCUT2D eigenvalue weighted by molar-refractivity contribution is 5.69. The summed E-state index contributed by atoms with van der Waals surface area (Å²) in [7, 11) is 1.74. The van der Waals surface area contributed by atoms with Crippen molar-refractivity contribution in [1.29, 1.82) is 0 Å². The van der Waals surface area contributed by atoms with Crippen molar-refractivity contribution < 1.29 is 14.6 Å². The first-order valence-electron chi connectivity index (χ1n) is 6.95. The van der Waals surface area contributed by atoms with E-state index in [0.29, 0.717) is 12.8 Å². The molecule has 0 unspecified atom stereocenters. The van der Waals surface area contributed by atoms with Crippen LogP contribution in [-0.4, -0.2) is 34.9 Å². The first-order chi connectivity index (χ1) is 9.24. The number of nitrogens with zero attached hydrogens (tertiary/aromatic N) is 1. The van der Waals surface area contributed by atoms with Gasteiger partial charge in [-0.05, 0) is 26.3 Å². The molecule has 0 spiro atoms. The van der Waals surface area contributed by atoms with Gasteiger partial charge in [-0.25, -0.2) is 4.79 Å². The van der Waals surface area contributed by atoms with E-state index in [4.69, 9.17) is 4.74 Å². The molecule has 1 fully saturated rings. The summed E-state index contributed by atoms with van der Waals surface area (Å²) in [6.07, 6.45) is 0.382. The van der Waals surface area contributed by atoms with Crippen molar-refractivity contribution in [1.82, 2.24) is 4.90 Å². The quantitative estimate of drug-likeness (QED) is 0.904. The number of rotatable bonds is 2. The second-order valence-corrected chi connectivity index (χ2v) is 6.50. The number of aliphatic hydroxyl groups is 1. The fourth-order valence-corrected chi connectivity index (χ4v) is 2.68. The summed E-state index contributed by atoms with van der Waals surface area (Å²) in [6.45, 7) is 5.55. The molecule has 0 atom stereocenters. The zero-order valence-electron chi connectivity index (χ0n) is 12.6. The molecule has 1 N–H and O–H groups in total. The van der Waals surface area contributed by atoms with Gasteiger partial charge < -0.3 is 14.7 Å². The Morgan fingerprint density at radius 2 is 1.85 bits per heavy atom. The molecule has 0 aliphatic heterocycles. The molecule has 0 saturated heterocycles. The van der Waals surface area contributed by atoms with Gasteiger partial charge in [0.1, 0.15) is 5.60 Å². The minimum atomic E-state index is -0.522. The molecule has 0 radical (unpaired) electrons. The molecule has 1 aromatic rings. The van der Waals surface area contributed by atoms with Crippen LogP contribution in [0.5, 0.6) is 0 Å². The lowest BCUT2D eigenvalue weighted by molar-refractivity contribution is -0.0733. The van der Waals surface area contributed by atoms with Gasteiger partial charge in [-0.2, -0.15) is 0 Å². The van der Waals surface area contributed by atoms with Crippen LogP contribution in [0.1, 0.15) is 39.2 Å². The second-order valence-electron chi connectivity index (χ2n) is 6.50. The molecule has 0 bridgehead atoms. The van der Waals surface area contributed by atoms with Crippen molar-refractivity contribution >= 4 is 6.09 Å². The van der Waals surface area contributed by atoms with E-state index >= 15 is 0 Å². The molecule has 4 nitrogen and oxygen atoms in total. The fraction of sp³-hybridized carbons (Fsp3) is 0.562. The van der Waals surface area contributed by atoms with Crippen LogP contribution < -0.4 is 0 Å². The number of carbonyl (C=O) groups excluding carboxylic acids is 1. The summed E-state index contributed by atoms with van der Waals surface area (Å²) < 4.78 is 5.44. The number of aliphatic hydroxyl groups excluding tert-OH is 1. The molecule has 1 aliphatic rings. The number of hydrogen-bond acceptors (Lipinski definition) is 3. The number of amides is 1. The van der Waals surface area contributed by atoms with Gasteiger partial charge in [0.25, 0.3) is 0 Å². The average Bonchev–Trinajstić information content (AvgIpc) is 2.33. The second kappa shape index (κ2) is 5.09. The maximum absolute atomic E-state index is 12.3. The first-order valence-corrected chi connectivity index (χ1v) is 6.95. The van der Waals surface area contributed by atoms with Crippen molar-refractivity contribution in [2.45, 2.75) is 50.9 Å². The summed E-state index contributed by atoms with van der Waals surface area (Å²) in [6, 6.07) is 9.83. The first kappa shape index (κ1) is 14.9. The lowest BCUT2D eigenvalue weighted by Crippen LogP contribution is -2.58. The molecule has 0 heterocycles. The van der Waals surface area contributed by atoms with Gasteiger partial charge in [-0.3, -0.25) is 0 Å². The predicted octanol–water partition coefficient (Wildman–Crippen LogP) is 2.90. The Balaban J connectivity index is 2.24. The van der Waals surface area contributed by atoms with Gasteiger partial charge in [0.15, 0.2) is 0 Å². The molecular weight excluding hydrogens is 254 g/mol. The minimum absolute atomic E-state index is 0.353. The molecule has 20 heavy (non-hydrogen) atoms. The van der Waals surface area contributed by atoms with E-state index < -0.39 is 11.1 Å². The van der Waals surface area contributed by atoms with E-state index in [9.17, 15) is 9.90 Å². The van der Waals surface area contributed by atoms with Crippen LogP contribution in [-0.2, 0) is 10.3 Å². The Hall–Kier alpha value is -1.55. The van der Waals surface area contributed by atoms with Crippen molar-refractivity contribution in [2.24, 2.45) is 0 Å². The largest absolute Gasteiger partial charge is 0.444 e. The van der Waals surface area contributed by atoms with Crippen molar-refractivity contribution in [3.8, 4) is 0 Å². The number of benzene rings is 1. The topological polar surface area (TPSA) is 49.8 Å². The smallest absolute Gasteiger partial charge is 0.410 e. The Kier molecular flexibility index (Phi) is 3.78. The van der Waals surface area contributed by atoms with Crippen LogP contribution >= 0.6 is 0 Å². The Morgan fingerprint density at radius 1 is 1.30 bits per heavy atom. The summed E-state index contributed by atoms with van der Waals surface area (Å²) in [5.41, 5.74) is 0.0628. The molecule has 2 rings (SSSR count). The van der Waals surface area contributed by atoms with Gasteiger partial charge in [0.05, 0.1) is 11.6 Å². The Labute approximate surface area is 120 Å².